The van der Waals surface area contributed by atoms with Gasteiger partial charge in [-0.05, 0) is 38.8 Å². The minimum Gasteiger partial charge on any atom is -0.439 e. The molecule has 0 saturated carbocycles. The van der Waals surface area contributed by atoms with Crippen molar-refractivity contribution in [2.45, 2.75) is 116 Å². The highest BCUT2D eigenvalue weighted by Gasteiger charge is 2.46. The molecule has 0 amide bonds. The molecule has 182 valence electrons. The Morgan fingerprint density at radius 1 is 0.600 bits per heavy atom. The number of hydrogen-bond acceptors (Lipinski definition) is 5. The van der Waals surface area contributed by atoms with E-state index in [0.29, 0.717) is 0 Å². The molecule has 0 fully saturated rings. The fourth-order valence-electron chi connectivity index (χ4n) is 4.05. The van der Waals surface area contributed by atoms with Crippen LogP contribution in [0.25, 0.3) is 0 Å². The van der Waals surface area contributed by atoms with Crippen LogP contribution in [-0.4, -0.2) is 56.1 Å². The van der Waals surface area contributed by atoms with E-state index in [1.54, 1.807) is 21.3 Å². The van der Waals surface area contributed by atoms with E-state index < -0.39 is 34.7 Å². The third-order valence-corrected chi connectivity index (χ3v) is 22.0. The molecule has 0 saturated heterocycles. The Hall–Kier alpha value is 0.668. The van der Waals surface area contributed by atoms with Crippen molar-refractivity contribution in [1.82, 2.24) is 0 Å². The lowest BCUT2D eigenvalue weighted by atomic mass is 10.1. The fourth-order valence-corrected chi connectivity index (χ4v) is 20.9. The third kappa shape index (κ3) is 14.7. The normalized spacial score (nSPS) is 14.3. The van der Waals surface area contributed by atoms with Gasteiger partial charge in [-0.3, -0.25) is 0 Å². The van der Waals surface area contributed by atoms with Crippen LogP contribution in [0.15, 0.2) is 0 Å². The molecule has 0 aliphatic carbocycles. The Balaban J connectivity index is 4.14. The monoisotopic (exact) mass is 496 g/mol. The molecular formula is C21H52O5Si4. The van der Waals surface area contributed by atoms with E-state index >= 15 is 0 Å². The maximum absolute atomic E-state index is 6.55. The zero-order chi connectivity index (χ0) is 23.1. The van der Waals surface area contributed by atoms with E-state index in [9.17, 15) is 0 Å². The second-order valence-corrected chi connectivity index (χ2v) is 24.3. The van der Waals surface area contributed by atoms with Gasteiger partial charge in [-0.2, -0.15) is 0 Å². The van der Waals surface area contributed by atoms with Crippen LogP contribution in [0.4, 0.5) is 0 Å². The lowest BCUT2D eigenvalue weighted by Crippen LogP contribution is -2.53. The van der Waals surface area contributed by atoms with Crippen LogP contribution in [0.5, 0.6) is 0 Å². The molecule has 9 heteroatoms. The minimum atomic E-state index is -2.61. The molecule has 0 radical (unpaired) electrons. The molecule has 0 spiro atoms. The molecule has 0 aliphatic heterocycles. The van der Waals surface area contributed by atoms with Gasteiger partial charge in [0.15, 0.2) is 16.6 Å². The summed E-state index contributed by atoms with van der Waals surface area (Å²) in [6.45, 7) is 13.6. The first-order valence-corrected chi connectivity index (χ1v) is 22.3. The third-order valence-electron chi connectivity index (χ3n) is 5.68. The van der Waals surface area contributed by atoms with Crippen molar-refractivity contribution in [2.24, 2.45) is 0 Å². The highest BCUT2D eigenvalue weighted by Crippen LogP contribution is 2.25. The first kappa shape index (κ1) is 30.7. The molecule has 0 aromatic heterocycles. The van der Waals surface area contributed by atoms with Gasteiger partial charge in [0.25, 0.3) is 9.28 Å². The van der Waals surface area contributed by atoms with Crippen molar-refractivity contribution in [3.05, 3.63) is 0 Å². The summed E-state index contributed by atoms with van der Waals surface area (Å²) in [6, 6.07) is 1.24. The van der Waals surface area contributed by atoms with Gasteiger partial charge < -0.3 is 21.5 Å². The number of rotatable bonds is 20. The van der Waals surface area contributed by atoms with Crippen LogP contribution in [0, 0.1) is 0 Å². The van der Waals surface area contributed by atoms with Crippen LogP contribution in [0.1, 0.15) is 71.1 Å². The summed E-state index contributed by atoms with van der Waals surface area (Å²) in [4.78, 5) is 0. The summed E-state index contributed by atoms with van der Waals surface area (Å²) in [7, 11) is -2.93. The molecule has 0 N–H and O–H groups in total. The molecule has 0 bridgehead atoms. The van der Waals surface area contributed by atoms with E-state index in [1.807, 2.05) is 0 Å². The fraction of sp³-hybridized carbons (Fsp3) is 1.00. The standard InChI is InChI=1S/C21H52O5Si4/c1-10-11-12-13-14-15-16-17-18-19-20-28(6,7)25-27(5)26-29(8,9)21-30(22-2,23-3)24-4/h27H,10-21H2,1-9H3. The summed E-state index contributed by atoms with van der Waals surface area (Å²) in [6.07, 6.45) is 13.8. The Kier molecular flexibility index (Phi) is 16.7. The first-order chi connectivity index (χ1) is 14.1. The van der Waals surface area contributed by atoms with Crippen LogP contribution >= 0.6 is 0 Å². The largest absolute Gasteiger partial charge is 0.499 e. The van der Waals surface area contributed by atoms with Gasteiger partial charge in [-0.15, -0.1) is 0 Å². The Bertz CT molecular complexity index is 412. The summed E-state index contributed by atoms with van der Waals surface area (Å²) >= 11 is 0. The maximum atomic E-state index is 6.55. The van der Waals surface area contributed by atoms with E-state index in [4.69, 9.17) is 21.5 Å². The quantitative estimate of drug-likeness (QED) is 0.140. The summed E-state index contributed by atoms with van der Waals surface area (Å²) in [5.41, 5.74) is 0.755. The van der Waals surface area contributed by atoms with Gasteiger partial charge in [0.2, 0.25) is 0 Å². The van der Waals surface area contributed by atoms with Crippen molar-refractivity contribution in [3.63, 3.8) is 0 Å². The minimum absolute atomic E-state index is 0.755. The van der Waals surface area contributed by atoms with Gasteiger partial charge in [-0.1, -0.05) is 71.1 Å². The highest BCUT2D eigenvalue weighted by molar-refractivity contribution is 6.89. The van der Waals surface area contributed by atoms with Crippen LogP contribution in [0.2, 0.25) is 44.4 Å². The predicted octanol–water partition coefficient (Wildman–Crippen LogP) is 6.62. The highest BCUT2D eigenvalue weighted by atomic mass is 28.5. The Labute approximate surface area is 193 Å². The molecule has 0 aromatic carbocycles. The van der Waals surface area contributed by atoms with Crippen LogP contribution in [-0.2, 0) is 21.5 Å². The SMILES string of the molecule is CCCCCCCCCCCC[Si](C)(C)O[SiH](C)O[Si](C)(C)C[Si](OC)(OC)OC. The van der Waals surface area contributed by atoms with Crippen molar-refractivity contribution in [3.8, 4) is 0 Å². The summed E-state index contributed by atoms with van der Waals surface area (Å²) in [5, 5.41) is 0. The molecule has 1 atom stereocenters. The molecule has 5 nitrogen and oxygen atoms in total. The van der Waals surface area contributed by atoms with Crippen LogP contribution in [0.3, 0.4) is 0 Å². The Morgan fingerprint density at radius 2 is 1.00 bits per heavy atom. The average molecular weight is 497 g/mol. The van der Waals surface area contributed by atoms with Crippen LogP contribution < -0.4 is 0 Å². The molecule has 0 aromatic rings. The van der Waals surface area contributed by atoms with E-state index in [0.717, 1.165) is 5.67 Å². The number of unbranched alkanes of at least 4 members (excludes halogenated alkanes) is 9. The molecular weight excluding hydrogens is 445 g/mol. The van der Waals surface area contributed by atoms with E-state index in [-0.39, 0.29) is 0 Å². The lowest BCUT2D eigenvalue weighted by Gasteiger charge is -2.35. The van der Waals surface area contributed by atoms with Crippen molar-refractivity contribution < 1.29 is 21.5 Å². The number of hydrogen-bond donors (Lipinski definition) is 0. The zero-order valence-corrected chi connectivity index (χ0v) is 25.8. The predicted molar refractivity (Wildman–Crippen MR) is 138 cm³/mol. The molecule has 0 rings (SSSR count). The lowest BCUT2D eigenvalue weighted by molar-refractivity contribution is 0.127. The van der Waals surface area contributed by atoms with Gasteiger partial charge >= 0.3 is 8.80 Å². The first-order valence-electron chi connectivity index (χ1n) is 12.1. The van der Waals surface area contributed by atoms with Gasteiger partial charge in [-0.25, -0.2) is 0 Å². The van der Waals surface area contributed by atoms with Gasteiger partial charge in [0.05, 0.1) is 0 Å². The second kappa shape index (κ2) is 16.3. The van der Waals surface area contributed by atoms with Crippen molar-refractivity contribution in [2.75, 3.05) is 21.3 Å². The van der Waals surface area contributed by atoms with E-state index in [2.05, 4.69) is 39.7 Å². The molecule has 1 unspecified atom stereocenters. The average Bonchev–Trinajstić information content (AvgIpc) is 2.66. The zero-order valence-electron chi connectivity index (χ0n) is 21.6. The topological polar surface area (TPSA) is 46.2 Å². The van der Waals surface area contributed by atoms with E-state index in [1.165, 1.54) is 70.3 Å². The smallest absolute Gasteiger partial charge is 0.439 e. The molecule has 30 heavy (non-hydrogen) atoms. The van der Waals surface area contributed by atoms with Crippen molar-refractivity contribution >= 4 is 34.7 Å². The summed E-state index contributed by atoms with van der Waals surface area (Å²) in [5.74, 6) is 0. The van der Waals surface area contributed by atoms with Gasteiger partial charge in [0.1, 0.15) is 0 Å². The maximum Gasteiger partial charge on any atom is 0.499 e. The van der Waals surface area contributed by atoms with Gasteiger partial charge in [0, 0.05) is 27.0 Å². The Morgan fingerprint density at radius 3 is 1.43 bits per heavy atom. The second-order valence-electron chi connectivity index (χ2n) is 9.73. The molecule has 0 aliphatic rings. The van der Waals surface area contributed by atoms with Crippen molar-refractivity contribution in [1.29, 1.82) is 0 Å². The summed E-state index contributed by atoms with van der Waals surface area (Å²) < 4.78 is 29.9. The molecule has 0 heterocycles.